The van der Waals surface area contributed by atoms with Crippen LogP contribution < -0.4 is 0 Å². The molecule has 1 aromatic carbocycles. The standard InChI is InChI=1S/C14H20N2O5S/c1-15-8-9-16(10-13(15)21-22(2,18)19)14(17)20-11-12-6-4-3-5-7-12/h3-7,13H,8-11H2,1-2H3. The summed E-state index contributed by atoms with van der Waals surface area (Å²) in [6.45, 7) is 1.31. The van der Waals surface area contributed by atoms with Crippen LogP contribution >= 0.6 is 0 Å². The first-order valence-electron chi connectivity index (χ1n) is 6.89. The highest BCUT2D eigenvalue weighted by Gasteiger charge is 2.31. The molecule has 0 N–H and O–H groups in total. The number of hydrogen-bond donors (Lipinski definition) is 0. The van der Waals surface area contributed by atoms with Gasteiger partial charge in [0.15, 0.2) is 0 Å². The van der Waals surface area contributed by atoms with Gasteiger partial charge in [-0.2, -0.15) is 8.42 Å². The Bertz CT molecular complexity index is 605. The zero-order valence-corrected chi connectivity index (χ0v) is 13.5. The summed E-state index contributed by atoms with van der Waals surface area (Å²) in [5.74, 6) is 0. The molecule has 0 saturated carbocycles. The van der Waals surface area contributed by atoms with E-state index in [0.717, 1.165) is 11.8 Å². The number of ether oxygens (including phenoxy) is 1. The smallest absolute Gasteiger partial charge is 0.410 e. The van der Waals surface area contributed by atoms with Crippen LogP contribution in [0.2, 0.25) is 0 Å². The van der Waals surface area contributed by atoms with Gasteiger partial charge in [0.2, 0.25) is 0 Å². The Morgan fingerprint density at radius 2 is 1.95 bits per heavy atom. The fourth-order valence-electron chi connectivity index (χ4n) is 2.12. The number of nitrogens with zero attached hydrogens (tertiary/aromatic N) is 2. The molecule has 122 valence electrons. The van der Waals surface area contributed by atoms with Crippen LogP contribution in [0.15, 0.2) is 30.3 Å². The second-order valence-electron chi connectivity index (χ2n) is 5.22. The molecule has 0 bridgehead atoms. The maximum atomic E-state index is 12.1. The van der Waals surface area contributed by atoms with Crippen molar-refractivity contribution in [1.29, 1.82) is 0 Å². The second-order valence-corrected chi connectivity index (χ2v) is 6.82. The van der Waals surface area contributed by atoms with Crippen molar-refractivity contribution in [1.82, 2.24) is 9.80 Å². The van der Waals surface area contributed by atoms with Crippen molar-refractivity contribution < 1.29 is 22.1 Å². The third kappa shape index (κ3) is 4.97. The second kappa shape index (κ2) is 7.08. The monoisotopic (exact) mass is 328 g/mol. The first kappa shape index (κ1) is 16.7. The van der Waals surface area contributed by atoms with Gasteiger partial charge in [0.1, 0.15) is 12.8 Å². The van der Waals surface area contributed by atoms with E-state index in [-0.39, 0.29) is 13.2 Å². The zero-order chi connectivity index (χ0) is 16.2. The molecule has 8 heteroatoms. The molecule has 0 aliphatic carbocycles. The van der Waals surface area contributed by atoms with Crippen molar-refractivity contribution in [3.8, 4) is 0 Å². The number of benzene rings is 1. The van der Waals surface area contributed by atoms with E-state index in [0.29, 0.717) is 13.1 Å². The molecule has 1 aliphatic heterocycles. The molecule has 22 heavy (non-hydrogen) atoms. The number of carbonyl (C=O) groups is 1. The Balaban J connectivity index is 1.90. The predicted octanol–water partition coefficient (Wildman–Crippen LogP) is 0.873. The number of likely N-dealkylation sites (N-methyl/N-ethyl adjacent to an activating group) is 1. The molecule has 1 fully saturated rings. The summed E-state index contributed by atoms with van der Waals surface area (Å²) in [6.07, 6.45) is -0.167. The van der Waals surface area contributed by atoms with E-state index in [1.165, 1.54) is 4.90 Å². The van der Waals surface area contributed by atoms with E-state index in [2.05, 4.69) is 0 Å². The molecule has 1 aliphatic rings. The third-order valence-corrected chi connectivity index (χ3v) is 3.91. The lowest BCUT2D eigenvalue weighted by Gasteiger charge is -2.37. The van der Waals surface area contributed by atoms with Crippen LogP contribution in [-0.2, 0) is 25.6 Å². The molecular weight excluding hydrogens is 308 g/mol. The molecule has 1 aromatic rings. The average Bonchev–Trinajstić information content (AvgIpc) is 2.47. The largest absolute Gasteiger partial charge is 0.445 e. The van der Waals surface area contributed by atoms with Gasteiger partial charge in [0.25, 0.3) is 10.1 Å². The lowest BCUT2D eigenvalue weighted by molar-refractivity contribution is -0.0200. The highest BCUT2D eigenvalue weighted by molar-refractivity contribution is 7.86. The third-order valence-electron chi connectivity index (χ3n) is 3.34. The van der Waals surface area contributed by atoms with E-state index in [1.54, 1.807) is 11.9 Å². The minimum absolute atomic E-state index is 0.150. The van der Waals surface area contributed by atoms with Gasteiger partial charge < -0.3 is 9.64 Å². The van der Waals surface area contributed by atoms with Crippen LogP contribution in [0.25, 0.3) is 0 Å². The van der Waals surface area contributed by atoms with Gasteiger partial charge in [-0.05, 0) is 12.6 Å². The predicted molar refractivity (Wildman–Crippen MR) is 80.5 cm³/mol. The number of carbonyl (C=O) groups excluding carboxylic acids is 1. The van der Waals surface area contributed by atoms with E-state index >= 15 is 0 Å². The van der Waals surface area contributed by atoms with Crippen LogP contribution in [-0.4, -0.2) is 63.5 Å². The molecule has 1 heterocycles. The molecule has 0 aromatic heterocycles. The van der Waals surface area contributed by atoms with Crippen LogP contribution in [0.4, 0.5) is 4.79 Å². The molecule has 1 unspecified atom stereocenters. The quantitative estimate of drug-likeness (QED) is 0.764. The summed E-state index contributed by atoms with van der Waals surface area (Å²) in [5.41, 5.74) is 0.897. The summed E-state index contributed by atoms with van der Waals surface area (Å²) >= 11 is 0. The highest BCUT2D eigenvalue weighted by Crippen LogP contribution is 2.13. The fourth-order valence-corrected chi connectivity index (χ4v) is 2.74. The SMILES string of the molecule is CN1CCN(C(=O)OCc2ccccc2)CC1OS(C)(=O)=O. The number of piperazine rings is 1. The number of rotatable bonds is 4. The summed E-state index contributed by atoms with van der Waals surface area (Å²) in [7, 11) is -1.83. The van der Waals surface area contributed by atoms with Crippen molar-refractivity contribution in [2.45, 2.75) is 12.8 Å². The first-order valence-corrected chi connectivity index (χ1v) is 8.71. The van der Waals surface area contributed by atoms with Crippen LogP contribution in [0, 0.1) is 0 Å². The van der Waals surface area contributed by atoms with Crippen LogP contribution in [0.1, 0.15) is 5.56 Å². The summed E-state index contributed by atoms with van der Waals surface area (Å²) in [6, 6.07) is 9.36. The molecule has 1 saturated heterocycles. The Morgan fingerprint density at radius 1 is 1.27 bits per heavy atom. The lowest BCUT2D eigenvalue weighted by Crippen LogP contribution is -2.54. The molecule has 1 atom stereocenters. The van der Waals surface area contributed by atoms with Gasteiger partial charge >= 0.3 is 6.09 Å². The van der Waals surface area contributed by atoms with E-state index in [4.69, 9.17) is 8.92 Å². The molecule has 7 nitrogen and oxygen atoms in total. The van der Waals surface area contributed by atoms with E-state index < -0.39 is 22.4 Å². The minimum atomic E-state index is -3.58. The van der Waals surface area contributed by atoms with Crippen LogP contribution in [0.5, 0.6) is 0 Å². The van der Waals surface area contributed by atoms with E-state index in [9.17, 15) is 13.2 Å². The fraction of sp³-hybridized carbons (Fsp3) is 0.500. The van der Waals surface area contributed by atoms with Crippen molar-refractivity contribution >= 4 is 16.2 Å². The van der Waals surface area contributed by atoms with Crippen molar-refractivity contribution in [3.63, 3.8) is 0 Å². The lowest BCUT2D eigenvalue weighted by atomic mass is 10.2. The van der Waals surface area contributed by atoms with Gasteiger partial charge in [-0.25, -0.2) is 8.98 Å². The molecule has 0 radical (unpaired) electrons. The van der Waals surface area contributed by atoms with Crippen LogP contribution in [0.3, 0.4) is 0 Å². The Kier molecular flexibility index (Phi) is 5.38. The van der Waals surface area contributed by atoms with Gasteiger partial charge in [-0.1, -0.05) is 30.3 Å². The maximum absolute atomic E-state index is 12.1. The number of amides is 1. The molecule has 2 rings (SSSR count). The summed E-state index contributed by atoms with van der Waals surface area (Å²) in [5, 5.41) is 0. The van der Waals surface area contributed by atoms with Gasteiger partial charge in [0, 0.05) is 13.1 Å². The Morgan fingerprint density at radius 3 is 2.59 bits per heavy atom. The maximum Gasteiger partial charge on any atom is 0.410 e. The summed E-state index contributed by atoms with van der Waals surface area (Å²) < 4.78 is 32.7. The van der Waals surface area contributed by atoms with Gasteiger partial charge in [-0.3, -0.25) is 4.90 Å². The highest BCUT2D eigenvalue weighted by atomic mass is 32.2. The van der Waals surface area contributed by atoms with Crippen molar-refractivity contribution in [2.75, 3.05) is 32.9 Å². The minimum Gasteiger partial charge on any atom is -0.445 e. The topological polar surface area (TPSA) is 76.2 Å². The van der Waals surface area contributed by atoms with Gasteiger partial charge in [-0.15, -0.1) is 0 Å². The Hall–Kier alpha value is -1.64. The van der Waals surface area contributed by atoms with Crippen molar-refractivity contribution in [3.05, 3.63) is 35.9 Å². The summed E-state index contributed by atoms with van der Waals surface area (Å²) in [4.78, 5) is 15.3. The average molecular weight is 328 g/mol. The number of hydrogen-bond acceptors (Lipinski definition) is 6. The molecule has 0 spiro atoms. The van der Waals surface area contributed by atoms with Crippen molar-refractivity contribution in [2.24, 2.45) is 0 Å². The Labute approximate surface area is 130 Å². The first-order chi connectivity index (χ1) is 10.3. The normalized spacial score (nSPS) is 19.9. The zero-order valence-electron chi connectivity index (χ0n) is 12.6. The van der Waals surface area contributed by atoms with Gasteiger partial charge in [0.05, 0.1) is 12.8 Å². The van der Waals surface area contributed by atoms with E-state index in [1.807, 2.05) is 30.3 Å². The molecular formula is C14H20N2O5S. The molecule has 1 amide bonds.